The summed E-state index contributed by atoms with van der Waals surface area (Å²) in [6, 6.07) is 13.4. The lowest BCUT2D eigenvalue weighted by molar-refractivity contribution is 0.540. The number of nitrogens with two attached hydrogens (primary N) is 1. The van der Waals surface area contributed by atoms with Gasteiger partial charge in [0.1, 0.15) is 0 Å². The van der Waals surface area contributed by atoms with Crippen LogP contribution >= 0.6 is 0 Å². The Morgan fingerprint density at radius 2 is 1.62 bits per heavy atom. The molecule has 0 saturated carbocycles. The fraction of sp³-hybridized carbons (Fsp3) is 0.412. The summed E-state index contributed by atoms with van der Waals surface area (Å²) in [5, 5.41) is 1.84. The molecule has 0 aliphatic heterocycles. The summed E-state index contributed by atoms with van der Waals surface area (Å²) in [5.74, 6) is 0.0869. The third-order valence-electron chi connectivity index (χ3n) is 4.12. The topological polar surface area (TPSA) is 60.2 Å². The highest BCUT2D eigenvalue weighted by Gasteiger charge is 2.26. The molecule has 2 atom stereocenters. The molecule has 0 radical (unpaired) electrons. The SMILES string of the molecule is CC(C)C(C)S(=O)(=O)CC(N)c1ccc2ccccc2c1. The Bertz CT molecular complexity index is 722. The summed E-state index contributed by atoms with van der Waals surface area (Å²) in [4.78, 5) is 0. The standard InChI is InChI=1S/C17H23NO2S/c1-12(2)13(3)21(19,20)11-17(18)16-9-8-14-6-4-5-7-15(14)10-16/h4-10,12-13,17H,11,18H2,1-3H3. The van der Waals surface area contributed by atoms with Crippen LogP contribution in [0, 0.1) is 5.92 Å². The van der Waals surface area contributed by atoms with E-state index in [0.717, 1.165) is 16.3 Å². The molecule has 21 heavy (non-hydrogen) atoms. The number of rotatable bonds is 5. The van der Waals surface area contributed by atoms with E-state index in [1.807, 2.05) is 56.3 Å². The lowest BCUT2D eigenvalue weighted by Gasteiger charge is -2.20. The van der Waals surface area contributed by atoms with E-state index in [0.29, 0.717) is 0 Å². The van der Waals surface area contributed by atoms with Gasteiger partial charge < -0.3 is 5.73 Å². The van der Waals surface area contributed by atoms with Gasteiger partial charge in [0.2, 0.25) is 0 Å². The Balaban J connectivity index is 2.24. The molecular weight excluding hydrogens is 282 g/mol. The number of benzene rings is 2. The smallest absolute Gasteiger partial charge is 0.155 e. The lowest BCUT2D eigenvalue weighted by Crippen LogP contribution is -2.31. The van der Waals surface area contributed by atoms with E-state index in [9.17, 15) is 8.42 Å². The number of hydrogen-bond acceptors (Lipinski definition) is 3. The van der Waals surface area contributed by atoms with E-state index >= 15 is 0 Å². The van der Waals surface area contributed by atoms with Crippen LogP contribution < -0.4 is 5.73 Å². The highest BCUT2D eigenvalue weighted by molar-refractivity contribution is 7.92. The Hall–Kier alpha value is -1.39. The monoisotopic (exact) mass is 305 g/mol. The maximum Gasteiger partial charge on any atom is 0.155 e. The van der Waals surface area contributed by atoms with Gasteiger partial charge in [-0.3, -0.25) is 0 Å². The Morgan fingerprint density at radius 1 is 1.00 bits per heavy atom. The van der Waals surface area contributed by atoms with Crippen molar-refractivity contribution in [2.24, 2.45) is 11.7 Å². The molecule has 3 nitrogen and oxygen atoms in total. The third kappa shape index (κ3) is 3.63. The highest BCUT2D eigenvalue weighted by atomic mass is 32.2. The van der Waals surface area contributed by atoms with Gasteiger partial charge in [-0.15, -0.1) is 0 Å². The van der Waals surface area contributed by atoms with Gasteiger partial charge in [0, 0.05) is 6.04 Å². The van der Waals surface area contributed by atoms with Gasteiger partial charge in [-0.05, 0) is 35.2 Å². The summed E-state index contributed by atoms with van der Waals surface area (Å²) in [5.41, 5.74) is 7.00. The molecule has 2 rings (SSSR count). The molecular formula is C17H23NO2S. The maximum absolute atomic E-state index is 12.3. The van der Waals surface area contributed by atoms with Crippen LogP contribution in [0.1, 0.15) is 32.4 Å². The second kappa shape index (κ2) is 6.16. The van der Waals surface area contributed by atoms with Gasteiger partial charge in [-0.1, -0.05) is 50.2 Å². The summed E-state index contributed by atoms with van der Waals surface area (Å²) in [6.45, 7) is 5.60. The van der Waals surface area contributed by atoms with Crippen LogP contribution in [0.25, 0.3) is 10.8 Å². The summed E-state index contributed by atoms with van der Waals surface area (Å²) < 4.78 is 24.7. The highest BCUT2D eigenvalue weighted by Crippen LogP contribution is 2.22. The molecule has 114 valence electrons. The van der Waals surface area contributed by atoms with Gasteiger partial charge in [0.05, 0.1) is 11.0 Å². The first-order valence-electron chi connectivity index (χ1n) is 7.27. The lowest BCUT2D eigenvalue weighted by atomic mass is 10.0. The molecule has 4 heteroatoms. The van der Waals surface area contributed by atoms with Crippen molar-refractivity contribution in [3.63, 3.8) is 0 Å². The summed E-state index contributed by atoms with van der Waals surface area (Å²) in [7, 11) is -3.19. The van der Waals surface area contributed by atoms with Gasteiger partial charge in [-0.25, -0.2) is 8.42 Å². The second-order valence-corrected chi connectivity index (χ2v) is 8.39. The van der Waals surface area contributed by atoms with E-state index < -0.39 is 15.9 Å². The predicted molar refractivity (Wildman–Crippen MR) is 89.0 cm³/mol. The van der Waals surface area contributed by atoms with Crippen molar-refractivity contribution >= 4 is 20.6 Å². The van der Waals surface area contributed by atoms with E-state index in [4.69, 9.17) is 5.73 Å². The third-order valence-corrected chi connectivity index (χ3v) is 6.62. The molecule has 0 amide bonds. The van der Waals surface area contributed by atoms with Crippen LogP contribution in [0.2, 0.25) is 0 Å². The van der Waals surface area contributed by atoms with Crippen LogP contribution in [-0.2, 0) is 9.84 Å². The van der Waals surface area contributed by atoms with Crippen LogP contribution in [0.3, 0.4) is 0 Å². The van der Waals surface area contributed by atoms with Crippen molar-refractivity contribution in [3.8, 4) is 0 Å². The minimum atomic E-state index is -3.19. The fourth-order valence-electron chi connectivity index (χ4n) is 2.35. The predicted octanol–water partition coefficient (Wildman–Crippen LogP) is 3.30. The molecule has 0 spiro atoms. The molecule has 2 aromatic rings. The van der Waals surface area contributed by atoms with E-state index in [1.54, 1.807) is 6.92 Å². The van der Waals surface area contributed by atoms with Crippen molar-refractivity contribution in [2.75, 3.05) is 5.75 Å². The van der Waals surface area contributed by atoms with Crippen LogP contribution in [0.15, 0.2) is 42.5 Å². The van der Waals surface area contributed by atoms with Crippen LogP contribution in [-0.4, -0.2) is 19.4 Å². The molecule has 0 bridgehead atoms. The second-order valence-electron chi connectivity index (χ2n) is 5.99. The van der Waals surface area contributed by atoms with Crippen LogP contribution in [0.5, 0.6) is 0 Å². The zero-order valence-corrected chi connectivity index (χ0v) is 13.6. The van der Waals surface area contributed by atoms with Gasteiger partial charge in [0.25, 0.3) is 0 Å². The largest absolute Gasteiger partial charge is 0.323 e. The normalized spacial score (nSPS) is 15.3. The molecule has 0 heterocycles. The molecule has 2 N–H and O–H groups in total. The molecule has 0 fully saturated rings. The van der Waals surface area contributed by atoms with Crippen molar-refractivity contribution in [1.29, 1.82) is 0 Å². The Morgan fingerprint density at radius 3 is 2.24 bits per heavy atom. The van der Waals surface area contributed by atoms with Crippen molar-refractivity contribution in [3.05, 3.63) is 48.0 Å². The Kier molecular flexibility index (Phi) is 4.69. The first-order valence-corrected chi connectivity index (χ1v) is 8.98. The minimum Gasteiger partial charge on any atom is -0.323 e. The number of hydrogen-bond donors (Lipinski definition) is 1. The zero-order valence-electron chi connectivity index (χ0n) is 12.8. The average molecular weight is 305 g/mol. The molecule has 0 aliphatic carbocycles. The zero-order chi connectivity index (χ0) is 15.6. The van der Waals surface area contributed by atoms with E-state index in [2.05, 4.69) is 0 Å². The maximum atomic E-state index is 12.3. The Labute approximate surface area is 127 Å². The van der Waals surface area contributed by atoms with Crippen molar-refractivity contribution in [1.82, 2.24) is 0 Å². The summed E-state index contributed by atoms with van der Waals surface area (Å²) >= 11 is 0. The van der Waals surface area contributed by atoms with Crippen molar-refractivity contribution in [2.45, 2.75) is 32.1 Å². The molecule has 2 aromatic carbocycles. The number of sulfone groups is 1. The van der Waals surface area contributed by atoms with E-state index in [1.165, 1.54) is 0 Å². The first-order chi connectivity index (χ1) is 9.81. The fourth-order valence-corrected chi connectivity index (χ4v) is 4.18. The average Bonchev–Trinajstić information content (AvgIpc) is 2.45. The molecule has 0 saturated heterocycles. The minimum absolute atomic E-state index is 0.00924. The molecule has 0 aliphatic rings. The van der Waals surface area contributed by atoms with Crippen LogP contribution in [0.4, 0.5) is 0 Å². The molecule has 2 unspecified atom stereocenters. The quantitative estimate of drug-likeness (QED) is 0.922. The van der Waals surface area contributed by atoms with Gasteiger partial charge >= 0.3 is 0 Å². The number of fused-ring (bicyclic) bond motifs is 1. The molecule has 0 aromatic heterocycles. The first kappa shape index (κ1) is 16.0. The van der Waals surface area contributed by atoms with Gasteiger partial charge in [-0.2, -0.15) is 0 Å². The summed E-state index contributed by atoms with van der Waals surface area (Å²) in [6.07, 6.45) is 0. The van der Waals surface area contributed by atoms with Gasteiger partial charge in [0.15, 0.2) is 9.84 Å². The van der Waals surface area contributed by atoms with Crippen molar-refractivity contribution < 1.29 is 8.42 Å². The van der Waals surface area contributed by atoms with E-state index in [-0.39, 0.29) is 16.9 Å².